The highest BCUT2D eigenvalue weighted by molar-refractivity contribution is 5.67. The Bertz CT molecular complexity index is 350. The van der Waals surface area contributed by atoms with E-state index in [0.29, 0.717) is 6.54 Å². The fourth-order valence-corrected chi connectivity index (χ4v) is 1.19. The summed E-state index contributed by atoms with van der Waals surface area (Å²) in [5.74, 6) is 0. The maximum Gasteiger partial charge on any atom is 0.407 e. The van der Waals surface area contributed by atoms with Gasteiger partial charge in [0, 0.05) is 6.54 Å². The van der Waals surface area contributed by atoms with Crippen molar-refractivity contribution in [3.63, 3.8) is 0 Å². The van der Waals surface area contributed by atoms with Gasteiger partial charge in [-0.25, -0.2) is 4.79 Å². The highest BCUT2D eigenvalue weighted by Crippen LogP contribution is 2.07. The number of carbonyl (C=O) groups is 1. The first-order valence-electron chi connectivity index (χ1n) is 7.39. The number of nitrogens with one attached hydrogen (secondary N) is 1. The molecule has 0 saturated carbocycles. The molecule has 0 atom stereocenters. The lowest BCUT2D eigenvalue weighted by Gasteiger charge is -2.19. The molecule has 3 heteroatoms. The highest BCUT2D eigenvalue weighted by atomic mass is 16.6. The third-order valence-corrected chi connectivity index (χ3v) is 1.96. The summed E-state index contributed by atoms with van der Waals surface area (Å²) in [4.78, 5) is 11.4. The molecule has 3 nitrogen and oxygen atoms in total. The van der Waals surface area contributed by atoms with E-state index in [4.69, 9.17) is 4.74 Å². The van der Waals surface area contributed by atoms with Gasteiger partial charge in [-0.05, 0) is 33.3 Å². The molecule has 1 amide bonds. The fraction of sp³-hybridized carbons (Fsp3) is 0.588. The Hall–Kier alpha value is -1.51. The largest absolute Gasteiger partial charge is 0.444 e. The zero-order valence-electron chi connectivity index (χ0n) is 14.3. The molecule has 1 rings (SSSR count). The molecule has 0 aliphatic carbocycles. The van der Waals surface area contributed by atoms with E-state index in [1.165, 1.54) is 5.56 Å². The fourth-order valence-electron chi connectivity index (χ4n) is 1.19. The molecule has 0 bridgehead atoms. The maximum atomic E-state index is 11.4. The van der Waals surface area contributed by atoms with Gasteiger partial charge in [0.25, 0.3) is 0 Å². The van der Waals surface area contributed by atoms with Crippen LogP contribution in [-0.4, -0.2) is 11.7 Å². The molecule has 0 fully saturated rings. The first-order valence-corrected chi connectivity index (χ1v) is 7.39. The van der Waals surface area contributed by atoms with Crippen LogP contribution in [0.1, 0.15) is 59.6 Å². The van der Waals surface area contributed by atoms with Gasteiger partial charge in [0.15, 0.2) is 0 Å². The molecular formula is C17H31NO2. The highest BCUT2D eigenvalue weighted by Gasteiger charge is 2.15. The van der Waals surface area contributed by atoms with Crippen molar-refractivity contribution in [2.45, 2.75) is 67.5 Å². The van der Waals surface area contributed by atoms with E-state index in [-0.39, 0.29) is 6.09 Å². The van der Waals surface area contributed by atoms with Crippen molar-refractivity contribution in [2.24, 2.45) is 0 Å². The number of ether oxygens (including phenoxy) is 1. The Kier molecular flexibility index (Phi) is 11.8. The van der Waals surface area contributed by atoms with Gasteiger partial charge in [0.05, 0.1) is 0 Å². The van der Waals surface area contributed by atoms with Crippen molar-refractivity contribution < 1.29 is 9.53 Å². The quantitative estimate of drug-likeness (QED) is 0.821. The third-order valence-electron chi connectivity index (χ3n) is 1.96. The second-order valence-electron chi connectivity index (χ2n) is 4.84. The number of rotatable bonds is 2. The van der Waals surface area contributed by atoms with Crippen LogP contribution in [0.3, 0.4) is 0 Å². The predicted octanol–water partition coefficient (Wildman–Crippen LogP) is 5.07. The van der Waals surface area contributed by atoms with Gasteiger partial charge in [0.2, 0.25) is 0 Å². The maximum absolute atomic E-state index is 11.4. The van der Waals surface area contributed by atoms with Gasteiger partial charge >= 0.3 is 6.09 Å². The Labute approximate surface area is 124 Å². The van der Waals surface area contributed by atoms with Crippen LogP contribution in [-0.2, 0) is 11.3 Å². The second-order valence-corrected chi connectivity index (χ2v) is 4.84. The first kappa shape index (κ1) is 20.8. The molecule has 116 valence electrons. The Balaban J connectivity index is 0. The number of aryl methyl sites for hydroxylation is 1. The van der Waals surface area contributed by atoms with E-state index < -0.39 is 5.60 Å². The zero-order chi connectivity index (χ0) is 16.2. The van der Waals surface area contributed by atoms with Crippen molar-refractivity contribution in [1.82, 2.24) is 5.32 Å². The van der Waals surface area contributed by atoms with Crippen LogP contribution in [0.5, 0.6) is 0 Å². The first-order chi connectivity index (χ1) is 9.37. The molecule has 0 heterocycles. The van der Waals surface area contributed by atoms with E-state index in [1.807, 2.05) is 79.7 Å². The average Bonchev–Trinajstić information content (AvgIpc) is 2.41. The Morgan fingerprint density at radius 1 is 1.05 bits per heavy atom. The number of amides is 1. The van der Waals surface area contributed by atoms with Crippen molar-refractivity contribution in [3.8, 4) is 0 Å². The van der Waals surface area contributed by atoms with Gasteiger partial charge in [-0.2, -0.15) is 0 Å². The molecular weight excluding hydrogens is 250 g/mol. The minimum absolute atomic E-state index is 0.381. The SMILES string of the molecule is CC.CC.Cc1ccc(CNC(=O)OC(C)(C)C)cc1. The summed E-state index contributed by atoms with van der Waals surface area (Å²) in [6, 6.07) is 8.03. The predicted molar refractivity (Wildman–Crippen MR) is 86.9 cm³/mol. The second kappa shape index (κ2) is 11.3. The van der Waals surface area contributed by atoms with Gasteiger partial charge < -0.3 is 10.1 Å². The van der Waals surface area contributed by atoms with Gasteiger partial charge in [-0.1, -0.05) is 57.5 Å². The number of alkyl carbamates (subject to hydrolysis) is 1. The zero-order valence-corrected chi connectivity index (χ0v) is 14.3. The van der Waals surface area contributed by atoms with E-state index in [2.05, 4.69) is 5.32 Å². The smallest absolute Gasteiger partial charge is 0.407 e. The lowest BCUT2D eigenvalue weighted by atomic mass is 10.1. The molecule has 1 aromatic rings. The van der Waals surface area contributed by atoms with Crippen LogP contribution < -0.4 is 5.32 Å². The minimum atomic E-state index is -0.447. The van der Waals surface area contributed by atoms with Gasteiger partial charge in [-0.15, -0.1) is 0 Å². The molecule has 0 radical (unpaired) electrons. The number of hydrogen-bond acceptors (Lipinski definition) is 2. The van der Waals surface area contributed by atoms with E-state index in [9.17, 15) is 4.79 Å². The van der Waals surface area contributed by atoms with Crippen molar-refractivity contribution in [1.29, 1.82) is 0 Å². The molecule has 0 aliphatic heterocycles. The summed E-state index contributed by atoms with van der Waals surface area (Å²) in [5, 5.41) is 2.71. The molecule has 20 heavy (non-hydrogen) atoms. The van der Waals surface area contributed by atoms with Crippen molar-refractivity contribution >= 4 is 6.09 Å². The van der Waals surface area contributed by atoms with Crippen LogP contribution in [0.25, 0.3) is 0 Å². The lowest BCUT2D eigenvalue weighted by Crippen LogP contribution is -2.32. The minimum Gasteiger partial charge on any atom is -0.444 e. The Morgan fingerprint density at radius 2 is 1.50 bits per heavy atom. The number of benzene rings is 1. The summed E-state index contributed by atoms with van der Waals surface area (Å²) in [6.07, 6.45) is -0.381. The van der Waals surface area contributed by atoms with E-state index >= 15 is 0 Å². The summed E-state index contributed by atoms with van der Waals surface area (Å²) < 4.78 is 5.13. The van der Waals surface area contributed by atoms with Crippen LogP contribution in [0, 0.1) is 6.92 Å². The van der Waals surface area contributed by atoms with E-state index in [0.717, 1.165) is 5.56 Å². The summed E-state index contributed by atoms with van der Waals surface area (Å²) >= 11 is 0. The molecule has 1 N–H and O–H groups in total. The molecule has 0 unspecified atom stereocenters. The van der Waals surface area contributed by atoms with Crippen molar-refractivity contribution in [2.75, 3.05) is 0 Å². The lowest BCUT2D eigenvalue weighted by molar-refractivity contribution is 0.0523. The van der Waals surface area contributed by atoms with Crippen LogP contribution in [0.2, 0.25) is 0 Å². The molecule has 0 saturated heterocycles. The summed E-state index contributed by atoms with van der Waals surface area (Å²) in [6.45, 7) is 16.1. The van der Waals surface area contributed by atoms with Crippen LogP contribution in [0.15, 0.2) is 24.3 Å². The van der Waals surface area contributed by atoms with Crippen molar-refractivity contribution in [3.05, 3.63) is 35.4 Å². The standard InChI is InChI=1S/C13H19NO2.2C2H6/c1-10-5-7-11(8-6-10)9-14-12(15)16-13(2,3)4;2*1-2/h5-8H,9H2,1-4H3,(H,14,15);2*1-2H3. The monoisotopic (exact) mass is 281 g/mol. The molecule has 1 aromatic carbocycles. The summed E-state index contributed by atoms with van der Waals surface area (Å²) in [7, 11) is 0. The topological polar surface area (TPSA) is 38.3 Å². The van der Waals surface area contributed by atoms with Gasteiger partial charge in [0.1, 0.15) is 5.60 Å². The number of hydrogen-bond donors (Lipinski definition) is 1. The van der Waals surface area contributed by atoms with Crippen LogP contribution >= 0.6 is 0 Å². The summed E-state index contributed by atoms with van der Waals surface area (Å²) in [5.41, 5.74) is 1.83. The average molecular weight is 281 g/mol. The molecule has 0 spiro atoms. The van der Waals surface area contributed by atoms with Gasteiger partial charge in [-0.3, -0.25) is 0 Å². The Morgan fingerprint density at radius 3 is 1.90 bits per heavy atom. The van der Waals surface area contributed by atoms with Crippen LogP contribution in [0.4, 0.5) is 4.79 Å². The van der Waals surface area contributed by atoms with E-state index in [1.54, 1.807) is 0 Å². The number of carbonyl (C=O) groups excluding carboxylic acids is 1. The normalized spacial score (nSPS) is 9.40. The molecule has 0 aliphatic rings. The third kappa shape index (κ3) is 11.6. The molecule has 0 aromatic heterocycles.